The highest BCUT2D eigenvalue weighted by Crippen LogP contribution is 2.36. The minimum absolute atomic E-state index is 0.0703. The van der Waals surface area contributed by atoms with Gasteiger partial charge in [0.25, 0.3) is 10.0 Å². The molecule has 0 fully saturated rings. The quantitative estimate of drug-likeness (QED) is 0.504. The van der Waals surface area contributed by atoms with E-state index in [4.69, 9.17) is 9.47 Å². The number of alkyl halides is 6. The molecular formula is C17H15F6NO4S. The molecule has 5 nitrogen and oxygen atoms in total. The molecule has 0 aliphatic carbocycles. The Labute approximate surface area is 162 Å². The normalized spacial score (nSPS) is 12.7. The summed E-state index contributed by atoms with van der Waals surface area (Å²) in [7, 11) is -3.29. The molecule has 0 atom stereocenters. The van der Waals surface area contributed by atoms with Crippen molar-refractivity contribution in [3.05, 3.63) is 53.6 Å². The van der Waals surface area contributed by atoms with Crippen LogP contribution >= 0.6 is 0 Å². The summed E-state index contributed by atoms with van der Waals surface area (Å²) in [6, 6.07) is 4.89. The molecule has 0 aliphatic rings. The summed E-state index contributed by atoms with van der Waals surface area (Å²) in [6.45, 7) is -0.0268. The fraction of sp³-hybridized carbons (Fsp3) is 0.294. The second-order valence-corrected chi connectivity index (χ2v) is 7.36. The third kappa shape index (κ3) is 6.00. The standard InChI is InChI=1S/C17H15F6NO4S/c1-27-7-8-28-15-6-5-12(17(21,22)23)10-14(15)24-29(25,26)13-4-2-3-11(9-13)16(18,19)20/h2-6,9-10,24H,7-8H2,1H3. The molecule has 2 aromatic rings. The average molecular weight is 443 g/mol. The molecule has 29 heavy (non-hydrogen) atoms. The highest BCUT2D eigenvalue weighted by atomic mass is 32.2. The number of hydrogen-bond acceptors (Lipinski definition) is 4. The summed E-state index contributed by atoms with van der Waals surface area (Å²) in [4.78, 5) is -0.771. The van der Waals surface area contributed by atoms with Crippen molar-refractivity contribution in [3.63, 3.8) is 0 Å². The molecule has 0 amide bonds. The molecule has 0 unspecified atom stereocenters. The molecule has 160 valence electrons. The number of rotatable bonds is 7. The van der Waals surface area contributed by atoms with Crippen molar-refractivity contribution in [2.45, 2.75) is 17.2 Å². The van der Waals surface area contributed by atoms with Crippen LogP contribution in [-0.2, 0) is 27.1 Å². The number of hydrogen-bond donors (Lipinski definition) is 1. The average Bonchev–Trinajstić information content (AvgIpc) is 2.61. The number of halogens is 6. The van der Waals surface area contributed by atoms with Gasteiger partial charge in [-0.1, -0.05) is 6.07 Å². The first kappa shape index (κ1) is 22.8. The minimum Gasteiger partial charge on any atom is -0.489 e. The largest absolute Gasteiger partial charge is 0.489 e. The van der Waals surface area contributed by atoms with Gasteiger partial charge in [-0.2, -0.15) is 26.3 Å². The molecule has 1 N–H and O–H groups in total. The van der Waals surface area contributed by atoms with E-state index in [0.717, 1.165) is 18.2 Å². The van der Waals surface area contributed by atoms with Gasteiger partial charge in [-0.25, -0.2) is 8.42 Å². The SMILES string of the molecule is COCCOc1ccc(C(F)(F)F)cc1NS(=O)(=O)c1cccc(C(F)(F)F)c1. The van der Waals surface area contributed by atoms with Gasteiger partial charge in [-0.3, -0.25) is 4.72 Å². The Bertz CT molecular complexity index is 957. The van der Waals surface area contributed by atoms with Crippen molar-refractivity contribution in [2.24, 2.45) is 0 Å². The lowest BCUT2D eigenvalue weighted by Gasteiger charge is -2.16. The molecule has 0 aromatic heterocycles. The highest BCUT2D eigenvalue weighted by Gasteiger charge is 2.33. The molecule has 2 aromatic carbocycles. The molecule has 0 aliphatic heterocycles. The monoisotopic (exact) mass is 443 g/mol. The third-order valence-electron chi connectivity index (χ3n) is 3.57. The second-order valence-electron chi connectivity index (χ2n) is 5.68. The van der Waals surface area contributed by atoms with E-state index in [1.807, 2.05) is 4.72 Å². The molecule has 0 saturated heterocycles. The van der Waals surface area contributed by atoms with Crippen LogP contribution in [-0.4, -0.2) is 28.7 Å². The zero-order valence-corrected chi connectivity index (χ0v) is 15.6. The first-order valence-corrected chi connectivity index (χ1v) is 9.36. The van der Waals surface area contributed by atoms with Crippen LogP contribution in [0.3, 0.4) is 0 Å². The molecule has 0 heterocycles. The minimum atomic E-state index is -4.80. The molecule has 0 spiro atoms. The van der Waals surface area contributed by atoms with Crippen LogP contribution in [0.5, 0.6) is 5.75 Å². The highest BCUT2D eigenvalue weighted by molar-refractivity contribution is 7.92. The Morgan fingerprint density at radius 2 is 1.52 bits per heavy atom. The Kier molecular flexibility index (Phi) is 6.68. The number of methoxy groups -OCH3 is 1. The van der Waals surface area contributed by atoms with Crippen LogP contribution in [0.2, 0.25) is 0 Å². The fourth-order valence-electron chi connectivity index (χ4n) is 2.19. The summed E-state index contributed by atoms with van der Waals surface area (Å²) < 4.78 is 114. The predicted octanol–water partition coefficient (Wildman–Crippen LogP) is 4.55. The molecule has 0 radical (unpaired) electrons. The Morgan fingerprint density at radius 3 is 2.10 bits per heavy atom. The summed E-state index contributed by atoms with van der Waals surface area (Å²) in [5.74, 6) is -0.245. The van der Waals surface area contributed by atoms with E-state index in [2.05, 4.69) is 0 Å². The van der Waals surface area contributed by atoms with E-state index in [9.17, 15) is 34.8 Å². The smallest absolute Gasteiger partial charge is 0.416 e. The maximum Gasteiger partial charge on any atom is 0.416 e. The lowest BCUT2D eigenvalue weighted by atomic mass is 10.2. The first-order chi connectivity index (χ1) is 13.3. The topological polar surface area (TPSA) is 64.6 Å². The Morgan fingerprint density at radius 1 is 0.897 bits per heavy atom. The van der Waals surface area contributed by atoms with Crippen LogP contribution in [0.15, 0.2) is 47.4 Å². The number of sulfonamides is 1. The van der Waals surface area contributed by atoms with Crippen molar-refractivity contribution in [1.29, 1.82) is 0 Å². The van der Waals surface area contributed by atoms with Crippen molar-refractivity contribution < 1.29 is 44.2 Å². The summed E-state index contributed by atoms with van der Waals surface area (Å²) in [5.41, 5.74) is -2.97. The van der Waals surface area contributed by atoms with Gasteiger partial charge in [0.2, 0.25) is 0 Å². The Balaban J connectivity index is 2.44. The van der Waals surface area contributed by atoms with Crippen LogP contribution < -0.4 is 9.46 Å². The molecule has 12 heteroatoms. The van der Waals surface area contributed by atoms with Crippen LogP contribution in [0.4, 0.5) is 32.0 Å². The molecule has 0 bridgehead atoms. The molecule has 2 rings (SSSR count). The van der Waals surface area contributed by atoms with Gasteiger partial charge in [-0.05, 0) is 36.4 Å². The predicted molar refractivity (Wildman–Crippen MR) is 91.1 cm³/mol. The van der Waals surface area contributed by atoms with Gasteiger partial charge < -0.3 is 9.47 Å². The van der Waals surface area contributed by atoms with Gasteiger partial charge >= 0.3 is 12.4 Å². The zero-order valence-electron chi connectivity index (χ0n) is 14.8. The maximum absolute atomic E-state index is 13.0. The number of anilines is 1. The lowest BCUT2D eigenvalue weighted by molar-refractivity contribution is -0.138. The van der Waals surface area contributed by atoms with Gasteiger partial charge in [0.1, 0.15) is 12.4 Å². The van der Waals surface area contributed by atoms with E-state index < -0.39 is 44.1 Å². The van der Waals surface area contributed by atoms with E-state index >= 15 is 0 Å². The van der Waals surface area contributed by atoms with E-state index in [-0.39, 0.29) is 19.0 Å². The maximum atomic E-state index is 13.0. The number of benzene rings is 2. The summed E-state index contributed by atoms with van der Waals surface area (Å²) in [6.07, 6.45) is -9.57. The van der Waals surface area contributed by atoms with Crippen molar-refractivity contribution >= 4 is 15.7 Å². The van der Waals surface area contributed by atoms with Crippen LogP contribution in [0.1, 0.15) is 11.1 Å². The van der Waals surface area contributed by atoms with Crippen molar-refractivity contribution in [2.75, 3.05) is 25.0 Å². The summed E-state index contributed by atoms with van der Waals surface area (Å²) >= 11 is 0. The van der Waals surface area contributed by atoms with Crippen molar-refractivity contribution in [3.8, 4) is 5.75 Å². The van der Waals surface area contributed by atoms with E-state index in [0.29, 0.717) is 24.3 Å². The first-order valence-electron chi connectivity index (χ1n) is 7.87. The number of ether oxygens (including phenoxy) is 2. The van der Waals surface area contributed by atoms with Crippen molar-refractivity contribution in [1.82, 2.24) is 0 Å². The summed E-state index contributed by atoms with van der Waals surface area (Å²) in [5, 5.41) is 0. The molecule has 0 saturated carbocycles. The Hall–Kier alpha value is -2.47. The van der Waals surface area contributed by atoms with Gasteiger partial charge in [0.05, 0.1) is 28.3 Å². The van der Waals surface area contributed by atoms with Crippen LogP contribution in [0, 0.1) is 0 Å². The molecular weight excluding hydrogens is 428 g/mol. The van der Waals surface area contributed by atoms with Gasteiger partial charge in [-0.15, -0.1) is 0 Å². The zero-order chi connectivity index (χ0) is 21.9. The van der Waals surface area contributed by atoms with E-state index in [1.54, 1.807) is 0 Å². The lowest BCUT2D eigenvalue weighted by Crippen LogP contribution is -2.17. The number of nitrogens with one attached hydrogen (secondary N) is 1. The van der Waals surface area contributed by atoms with Crippen LogP contribution in [0.25, 0.3) is 0 Å². The van der Waals surface area contributed by atoms with E-state index in [1.165, 1.54) is 7.11 Å². The van der Waals surface area contributed by atoms with Gasteiger partial charge in [0, 0.05) is 7.11 Å². The second kappa shape index (κ2) is 8.49. The third-order valence-corrected chi connectivity index (χ3v) is 4.93. The fourth-order valence-corrected chi connectivity index (χ4v) is 3.30. The van der Waals surface area contributed by atoms with Gasteiger partial charge in [0.15, 0.2) is 0 Å².